The van der Waals surface area contributed by atoms with E-state index in [9.17, 15) is 14.0 Å². The van der Waals surface area contributed by atoms with E-state index in [1.807, 2.05) is 0 Å². The number of benzene rings is 1. The zero-order valence-electron chi connectivity index (χ0n) is 11.4. The van der Waals surface area contributed by atoms with Crippen molar-refractivity contribution < 1.29 is 14.0 Å². The maximum atomic E-state index is 13.3. The van der Waals surface area contributed by atoms with Crippen LogP contribution in [0.25, 0.3) is 0 Å². The molecule has 0 spiro atoms. The van der Waals surface area contributed by atoms with Crippen molar-refractivity contribution in [1.82, 2.24) is 10.6 Å². The van der Waals surface area contributed by atoms with Crippen LogP contribution in [0.1, 0.15) is 5.56 Å². The number of amides is 2. The smallest absolute Gasteiger partial charge is 0.239 e. The van der Waals surface area contributed by atoms with Crippen LogP contribution in [0.5, 0.6) is 0 Å². The van der Waals surface area contributed by atoms with E-state index in [0.717, 1.165) is 0 Å². The number of halogens is 2. The summed E-state index contributed by atoms with van der Waals surface area (Å²) in [7, 11) is 0. The van der Waals surface area contributed by atoms with Crippen LogP contribution in [0, 0.1) is 5.82 Å². The first kappa shape index (κ1) is 19.7. The Labute approximate surface area is 133 Å². The highest BCUT2D eigenvalue weighted by Crippen LogP contribution is 2.14. The molecule has 0 heterocycles. The number of nitrogens with one attached hydrogen (secondary N) is 2. The Bertz CT molecular complexity index is 463. The number of hydrogen-bond donors (Lipinski definition) is 3. The van der Waals surface area contributed by atoms with Gasteiger partial charge in [-0.3, -0.25) is 9.59 Å². The molecule has 0 bridgehead atoms. The van der Waals surface area contributed by atoms with Crippen LogP contribution in [0.3, 0.4) is 0 Å². The van der Waals surface area contributed by atoms with Gasteiger partial charge in [0.15, 0.2) is 0 Å². The third-order valence-electron chi connectivity index (χ3n) is 2.42. The van der Waals surface area contributed by atoms with Gasteiger partial charge in [0, 0.05) is 18.1 Å². The molecular formula is C13H19ClFN3O2S. The van der Waals surface area contributed by atoms with Gasteiger partial charge in [-0.15, -0.1) is 12.4 Å². The van der Waals surface area contributed by atoms with Crippen molar-refractivity contribution in [2.45, 2.75) is 5.75 Å². The van der Waals surface area contributed by atoms with Gasteiger partial charge in [-0.05, 0) is 11.6 Å². The van der Waals surface area contributed by atoms with Gasteiger partial charge in [-0.1, -0.05) is 18.2 Å². The second kappa shape index (κ2) is 11.4. The molecule has 0 aliphatic carbocycles. The highest BCUT2D eigenvalue weighted by molar-refractivity contribution is 7.98. The summed E-state index contributed by atoms with van der Waals surface area (Å²) in [5, 5.41) is 5.03. The molecule has 118 valence electrons. The van der Waals surface area contributed by atoms with Crippen molar-refractivity contribution in [1.29, 1.82) is 0 Å². The number of nitrogens with two attached hydrogens (primary N) is 1. The number of hydrogen-bond acceptors (Lipinski definition) is 4. The van der Waals surface area contributed by atoms with E-state index in [4.69, 9.17) is 5.73 Å². The Morgan fingerprint density at radius 1 is 1.19 bits per heavy atom. The zero-order valence-corrected chi connectivity index (χ0v) is 13.1. The van der Waals surface area contributed by atoms with Crippen LogP contribution in [-0.4, -0.2) is 37.2 Å². The topological polar surface area (TPSA) is 84.2 Å². The predicted octanol–water partition coefficient (Wildman–Crippen LogP) is 0.672. The number of rotatable bonds is 8. The van der Waals surface area contributed by atoms with E-state index >= 15 is 0 Å². The molecule has 0 aliphatic rings. The number of thioether (sulfide) groups is 1. The second-order valence-electron chi connectivity index (χ2n) is 3.97. The molecule has 5 nitrogen and oxygen atoms in total. The van der Waals surface area contributed by atoms with E-state index in [1.165, 1.54) is 17.8 Å². The summed E-state index contributed by atoms with van der Waals surface area (Å²) in [6.07, 6.45) is 0. The summed E-state index contributed by atoms with van der Waals surface area (Å²) in [5.74, 6) is 0.387. The Kier molecular flexibility index (Phi) is 10.7. The minimum absolute atomic E-state index is 0. The molecule has 0 atom stereocenters. The molecule has 0 saturated carbocycles. The first-order chi connectivity index (χ1) is 9.63. The first-order valence-electron chi connectivity index (χ1n) is 6.18. The largest absolute Gasteiger partial charge is 0.354 e. The summed E-state index contributed by atoms with van der Waals surface area (Å²) in [4.78, 5) is 22.1. The average Bonchev–Trinajstić information content (AvgIpc) is 2.46. The van der Waals surface area contributed by atoms with Crippen LogP contribution in [-0.2, 0) is 15.3 Å². The molecular weight excluding hydrogens is 317 g/mol. The van der Waals surface area contributed by atoms with Gasteiger partial charge in [0.1, 0.15) is 5.82 Å². The lowest BCUT2D eigenvalue weighted by Crippen LogP contribution is -2.40. The molecule has 21 heavy (non-hydrogen) atoms. The quantitative estimate of drug-likeness (QED) is 0.610. The van der Waals surface area contributed by atoms with E-state index < -0.39 is 0 Å². The highest BCUT2D eigenvalue weighted by atomic mass is 35.5. The van der Waals surface area contributed by atoms with Crippen molar-refractivity contribution in [3.8, 4) is 0 Å². The molecule has 2 amide bonds. The van der Waals surface area contributed by atoms with Gasteiger partial charge >= 0.3 is 0 Å². The molecule has 0 saturated heterocycles. The molecule has 1 aromatic rings. The standard InChI is InChI=1S/C13H18FN3O2S.ClH/c14-11-4-2-1-3-10(11)9-20-6-5-16-13(19)8-17-12(18)7-15;/h1-4H,5-9,15H2,(H,16,19)(H,17,18);1H. The lowest BCUT2D eigenvalue weighted by atomic mass is 10.2. The van der Waals surface area contributed by atoms with Crippen molar-refractivity contribution >= 4 is 36.0 Å². The fraction of sp³-hybridized carbons (Fsp3) is 0.385. The summed E-state index contributed by atoms with van der Waals surface area (Å²) in [6.45, 7) is 0.260. The van der Waals surface area contributed by atoms with Gasteiger partial charge in [0.25, 0.3) is 0 Å². The normalized spacial score (nSPS) is 9.62. The third kappa shape index (κ3) is 8.54. The molecule has 0 radical (unpaired) electrons. The number of carbonyl (C=O) groups is 2. The summed E-state index contributed by atoms with van der Waals surface area (Å²) in [5.41, 5.74) is 5.74. The predicted molar refractivity (Wildman–Crippen MR) is 84.9 cm³/mol. The van der Waals surface area contributed by atoms with Crippen LogP contribution >= 0.6 is 24.2 Å². The fourth-order valence-electron chi connectivity index (χ4n) is 1.37. The Morgan fingerprint density at radius 3 is 2.57 bits per heavy atom. The summed E-state index contributed by atoms with van der Waals surface area (Å²) in [6, 6.07) is 6.61. The van der Waals surface area contributed by atoms with Crippen molar-refractivity contribution in [3.05, 3.63) is 35.6 Å². The zero-order chi connectivity index (χ0) is 14.8. The summed E-state index contributed by atoms with van der Waals surface area (Å²) >= 11 is 1.53. The van der Waals surface area contributed by atoms with Crippen LogP contribution < -0.4 is 16.4 Å². The Balaban J connectivity index is 0.00000400. The lowest BCUT2D eigenvalue weighted by Gasteiger charge is -2.06. The minimum Gasteiger partial charge on any atom is -0.354 e. The third-order valence-corrected chi connectivity index (χ3v) is 3.42. The minimum atomic E-state index is -0.367. The molecule has 0 aromatic heterocycles. The SMILES string of the molecule is Cl.NCC(=O)NCC(=O)NCCSCc1ccccc1F. The van der Waals surface area contributed by atoms with Gasteiger partial charge in [0.05, 0.1) is 13.1 Å². The van der Waals surface area contributed by atoms with E-state index in [1.54, 1.807) is 18.2 Å². The van der Waals surface area contributed by atoms with Crippen molar-refractivity contribution in [3.63, 3.8) is 0 Å². The molecule has 0 fully saturated rings. The van der Waals surface area contributed by atoms with Crippen LogP contribution in [0.2, 0.25) is 0 Å². The lowest BCUT2D eigenvalue weighted by molar-refractivity contribution is -0.125. The molecule has 4 N–H and O–H groups in total. The molecule has 1 aromatic carbocycles. The Morgan fingerprint density at radius 2 is 1.90 bits per heavy atom. The average molecular weight is 336 g/mol. The van der Waals surface area contributed by atoms with Gasteiger partial charge in [0.2, 0.25) is 11.8 Å². The molecule has 1 rings (SSSR count). The van der Waals surface area contributed by atoms with Gasteiger partial charge in [-0.25, -0.2) is 4.39 Å². The maximum absolute atomic E-state index is 13.3. The van der Waals surface area contributed by atoms with Crippen molar-refractivity contribution in [2.75, 3.05) is 25.4 Å². The number of carbonyl (C=O) groups excluding carboxylic acids is 2. The van der Waals surface area contributed by atoms with Crippen LogP contribution in [0.15, 0.2) is 24.3 Å². The van der Waals surface area contributed by atoms with E-state index in [2.05, 4.69) is 10.6 Å². The molecule has 0 aliphatic heterocycles. The highest BCUT2D eigenvalue weighted by Gasteiger charge is 2.03. The second-order valence-corrected chi connectivity index (χ2v) is 5.08. The molecule has 0 unspecified atom stereocenters. The molecule has 8 heteroatoms. The fourth-order valence-corrected chi connectivity index (χ4v) is 2.22. The van der Waals surface area contributed by atoms with E-state index in [-0.39, 0.29) is 43.1 Å². The maximum Gasteiger partial charge on any atom is 0.239 e. The van der Waals surface area contributed by atoms with E-state index in [0.29, 0.717) is 23.6 Å². The van der Waals surface area contributed by atoms with Gasteiger partial charge < -0.3 is 16.4 Å². The van der Waals surface area contributed by atoms with Crippen molar-refractivity contribution in [2.24, 2.45) is 5.73 Å². The Hall–Kier alpha value is -1.31. The van der Waals surface area contributed by atoms with Crippen LogP contribution in [0.4, 0.5) is 4.39 Å². The summed E-state index contributed by atoms with van der Waals surface area (Å²) < 4.78 is 13.3. The van der Waals surface area contributed by atoms with Gasteiger partial charge in [-0.2, -0.15) is 11.8 Å². The first-order valence-corrected chi connectivity index (χ1v) is 7.33. The monoisotopic (exact) mass is 335 g/mol.